The molecule has 2 aromatic rings. The van der Waals surface area contributed by atoms with Crippen molar-refractivity contribution in [2.75, 3.05) is 36.6 Å². The fourth-order valence-electron chi connectivity index (χ4n) is 3.80. The summed E-state index contributed by atoms with van der Waals surface area (Å²) in [6.07, 6.45) is 1.34. The van der Waals surface area contributed by atoms with Crippen LogP contribution in [0, 0.1) is 11.3 Å². The number of morpholine rings is 1. The molecule has 1 saturated heterocycles. The summed E-state index contributed by atoms with van der Waals surface area (Å²) in [6, 6.07) is 6.74. The Morgan fingerprint density at radius 1 is 1.29 bits per heavy atom. The van der Waals surface area contributed by atoms with Crippen LogP contribution in [0.3, 0.4) is 0 Å². The quantitative estimate of drug-likeness (QED) is 0.692. The van der Waals surface area contributed by atoms with Gasteiger partial charge in [-0.3, -0.25) is 0 Å². The van der Waals surface area contributed by atoms with Gasteiger partial charge in [-0.2, -0.15) is 5.26 Å². The zero-order valence-electron chi connectivity index (χ0n) is 18.0. The maximum Gasteiger partial charge on any atom is 0.357 e. The maximum atomic E-state index is 12.6. The Labute approximate surface area is 181 Å². The summed E-state index contributed by atoms with van der Waals surface area (Å²) in [5, 5.41) is 9.45. The van der Waals surface area contributed by atoms with Crippen molar-refractivity contribution >= 4 is 27.2 Å². The van der Waals surface area contributed by atoms with E-state index in [9.17, 15) is 18.5 Å². The first-order valence-corrected chi connectivity index (χ1v) is 11.5. The number of carbonyl (C=O) groups excluding carboxylic acids is 1. The number of nitriles is 1. The van der Waals surface area contributed by atoms with E-state index in [-0.39, 0.29) is 39.8 Å². The van der Waals surface area contributed by atoms with Gasteiger partial charge in [-0.05, 0) is 32.0 Å². The van der Waals surface area contributed by atoms with Crippen LogP contribution in [0.2, 0.25) is 0 Å². The average Bonchev–Trinajstić information content (AvgIpc) is 3.08. The van der Waals surface area contributed by atoms with Crippen molar-refractivity contribution in [3.05, 3.63) is 35.7 Å². The van der Waals surface area contributed by atoms with Crippen LogP contribution in [0.4, 0.5) is 11.4 Å². The molecule has 2 atom stereocenters. The number of aromatic nitrogens is 1. The number of nitrogen functional groups attached to an aromatic ring is 1. The highest BCUT2D eigenvalue weighted by Crippen LogP contribution is 2.34. The van der Waals surface area contributed by atoms with Crippen LogP contribution in [-0.2, 0) is 19.3 Å². The van der Waals surface area contributed by atoms with E-state index in [4.69, 9.17) is 15.2 Å². The second-order valence-electron chi connectivity index (χ2n) is 7.49. The van der Waals surface area contributed by atoms with Gasteiger partial charge in [0.05, 0.1) is 52.6 Å². The molecule has 166 valence electrons. The highest BCUT2D eigenvalue weighted by molar-refractivity contribution is 7.91. The van der Waals surface area contributed by atoms with E-state index in [1.807, 2.05) is 19.9 Å². The lowest BCUT2D eigenvalue weighted by Crippen LogP contribution is -2.45. The van der Waals surface area contributed by atoms with Crippen LogP contribution in [0.1, 0.15) is 36.8 Å². The Kier molecular flexibility index (Phi) is 6.29. The van der Waals surface area contributed by atoms with E-state index in [0.717, 1.165) is 0 Å². The molecular weight excluding hydrogens is 420 g/mol. The zero-order valence-corrected chi connectivity index (χ0v) is 18.8. The highest BCUT2D eigenvalue weighted by Gasteiger charge is 2.29. The number of rotatable bonds is 5. The van der Waals surface area contributed by atoms with Crippen molar-refractivity contribution in [1.29, 1.82) is 5.26 Å². The Balaban J connectivity index is 2.30. The van der Waals surface area contributed by atoms with Crippen molar-refractivity contribution in [2.45, 2.75) is 37.9 Å². The van der Waals surface area contributed by atoms with Gasteiger partial charge in [0.2, 0.25) is 0 Å². The van der Waals surface area contributed by atoms with Crippen molar-refractivity contribution < 1.29 is 22.7 Å². The molecule has 2 heterocycles. The Bertz CT molecular complexity index is 1140. The Morgan fingerprint density at radius 3 is 2.48 bits per heavy atom. The lowest BCUT2D eigenvalue weighted by atomic mass is 10.1. The van der Waals surface area contributed by atoms with E-state index >= 15 is 0 Å². The number of nitrogens with zero attached hydrogens (tertiary/aromatic N) is 3. The van der Waals surface area contributed by atoms with E-state index in [1.165, 1.54) is 23.9 Å². The lowest BCUT2D eigenvalue weighted by Gasteiger charge is -2.38. The van der Waals surface area contributed by atoms with Crippen LogP contribution in [0.25, 0.3) is 5.69 Å². The second-order valence-corrected chi connectivity index (χ2v) is 9.77. The summed E-state index contributed by atoms with van der Waals surface area (Å²) in [5.74, 6) is -0.796. The van der Waals surface area contributed by atoms with Gasteiger partial charge >= 0.3 is 5.97 Å². The number of ether oxygens (including phenoxy) is 2. The van der Waals surface area contributed by atoms with Crippen molar-refractivity contribution in [1.82, 2.24) is 4.57 Å². The molecule has 0 amide bonds. The van der Waals surface area contributed by atoms with Gasteiger partial charge in [0.1, 0.15) is 6.07 Å². The number of methoxy groups -OCH3 is 1. The van der Waals surface area contributed by atoms with Gasteiger partial charge < -0.3 is 24.7 Å². The summed E-state index contributed by atoms with van der Waals surface area (Å²) in [5.41, 5.74) is 7.22. The van der Waals surface area contributed by atoms with Crippen LogP contribution >= 0.6 is 0 Å². The summed E-state index contributed by atoms with van der Waals surface area (Å²) >= 11 is 0. The first-order chi connectivity index (χ1) is 14.6. The smallest absolute Gasteiger partial charge is 0.357 e. The third-order valence-corrected chi connectivity index (χ3v) is 6.98. The highest BCUT2D eigenvalue weighted by atomic mass is 32.2. The molecule has 0 bridgehead atoms. The number of esters is 1. The lowest BCUT2D eigenvalue weighted by molar-refractivity contribution is -0.00522. The predicted octanol–water partition coefficient (Wildman–Crippen LogP) is 2.12. The molecule has 0 aliphatic carbocycles. The first kappa shape index (κ1) is 22.7. The zero-order chi connectivity index (χ0) is 22.9. The molecule has 2 N–H and O–H groups in total. The van der Waals surface area contributed by atoms with Gasteiger partial charge in [-0.25, -0.2) is 13.2 Å². The van der Waals surface area contributed by atoms with Gasteiger partial charge in [0.25, 0.3) is 0 Å². The molecule has 1 aromatic carbocycles. The Hall–Kier alpha value is -3.03. The maximum absolute atomic E-state index is 12.6. The number of hydrogen-bond donors (Lipinski definition) is 1. The predicted molar refractivity (Wildman–Crippen MR) is 116 cm³/mol. The molecule has 2 unspecified atom stereocenters. The second kappa shape index (κ2) is 8.61. The van der Waals surface area contributed by atoms with E-state index in [2.05, 4.69) is 4.90 Å². The van der Waals surface area contributed by atoms with Gasteiger partial charge in [0.15, 0.2) is 15.5 Å². The van der Waals surface area contributed by atoms with Gasteiger partial charge in [-0.15, -0.1) is 0 Å². The minimum absolute atomic E-state index is 0.0206. The van der Waals surface area contributed by atoms with Crippen LogP contribution in [0.15, 0.2) is 29.3 Å². The minimum atomic E-state index is -3.51. The number of hydrogen-bond acceptors (Lipinski definition) is 8. The van der Waals surface area contributed by atoms with E-state index in [0.29, 0.717) is 24.5 Å². The fourth-order valence-corrected chi connectivity index (χ4v) is 4.70. The number of carbonyl (C=O) groups is 1. The standard InChI is InChI=1S/C21H26N4O5S/c1-5-31(27,28)16-6-7-17(24-10-13(2)30-14(3)11-24)18(8-16)25-12-15(9-22)19(23)20(25)21(26)29-4/h6-8,12-14H,5,10-11,23H2,1-4H3. The molecule has 1 fully saturated rings. The molecule has 31 heavy (non-hydrogen) atoms. The molecule has 1 aliphatic rings. The van der Waals surface area contributed by atoms with Crippen LogP contribution in [-0.4, -0.2) is 57.1 Å². The largest absolute Gasteiger partial charge is 0.464 e. The molecule has 0 spiro atoms. The third-order valence-electron chi connectivity index (χ3n) is 5.25. The molecule has 1 aromatic heterocycles. The van der Waals surface area contributed by atoms with E-state index < -0.39 is 15.8 Å². The first-order valence-electron chi connectivity index (χ1n) is 9.89. The average molecular weight is 447 g/mol. The Morgan fingerprint density at radius 2 is 1.94 bits per heavy atom. The topological polar surface area (TPSA) is 128 Å². The van der Waals surface area contributed by atoms with E-state index in [1.54, 1.807) is 19.1 Å². The number of benzene rings is 1. The minimum Gasteiger partial charge on any atom is -0.464 e. The molecule has 0 radical (unpaired) electrons. The van der Waals surface area contributed by atoms with Crippen molar-refractivity contribution in [3.63, 3.8) is 0 Å². The molecule has 3 rings (SSSR count). The number of sulfone groups is 1. The molecule has 1 aliphatic heterocycles. The summed E-state index contributed by atoms with van der Waals surface area (Å²) < 4.78 is 37.3. The van der Waals surface area contributed by atoms with Gasteiger partial charge in [0, 0.05) is 19.3 Å². The molecular formula is C21H26N4O5S. The van der Waals surface area contributed by atoms with Crippen molar-refractivity contribution in [2.24, 2.45) is 0 Å². The third kappa shape index (κ3) is 4.24. The molecule has 0 saturated carbocycles. The monoisotopic (exact) mass is 446 g/mol. The van der Waals surface area contributed by atoms with Crippen LogP contribution in [0.5, 0.6) is 0 Å². The number of nitrogens with two attached hydrogens (primary N) is 1. The molecule has 10 heteroatoms. The van der Waals surface area contributed by atoms with Crippen molar-refractivity contribution in [3.8, 4) is 11.8 Å². The summed E-state index contributed by atoms with van der Waals surface area (Å²) in [6.45, 7) is 6.63. The summed E-state index contributed by atoms with van der Waals surface area (Å²) in [4.78, 5) is 14.7. The summed E-state index contributed by atoms with van der Waals surface area (Å²) in [7, 11) is -2.30. The number of anilines is 2. The molecule has 9 nitrogen and oxygen atoms in total. The van der Waals surface area contributed by atoms with Gasteiger partial charge in [-0.1, -0.05) is 6.92 Å². The SMILES string of the molecule is CCS(=O)(=O)c1ccc(N2CC(C)OC(C)C2)c(-n2cc(C#N)c(N)c2C(=O)OC)c1. The van der Waals surface area contributed by atoms with Crippen LogP contribution < -0.4 is 10.6 Å². The fraction of sp³-hybridized carbons (Fsp3) is 0.429. The normalized spacial score (nSPS) is 19.1.